The van der Waals surface area contributed by atoms with Crippen LogP contribution < -0.4 is 10.5 Å². The van der Waals surface area contributed by atoms with Crippen LogP contribution in [0, 0.1) is 0 Å². The van der Waals surface area contributed by atoms with Gasteiger partial charge in [0.1, 0.15) is 5.75 Å². The summed E-state index contributed by atoms with van der Waals surface area (Å²) in [6, 6.07) is 5.62. The first-order chi connectivity index (χ1) is 7.79. The smallest absolute Gasteiger partial charge is 0.137 e. The summed E-state index contributed by atoms with van der Waals surface area (Å²) in [5, 5.41) is 0. The number of hydrogen-bond acceptors (Lipinski definition) is 4. The molecule has 0 amide bonds. The van der Waals surface area contributed by atoms with Crippen LogP contribution in [0.5, 0.6) is 5.75 Å². The number of aromatic nitrogens is 2. The first-order valence-electron chi connectivity index (χ1n) is 5.09. The van der Waals surface area contributed by atoms with E-state index in [-0.39, 0.29) is 0 Å². The Labute approximate surface area is 94.1 Å². The van der Waals surface area contributed by atoms with Crippen LogP contribution in [0.1, 0.15) is 6.92 Å². The summed E-state index contributed by atoms with van der Waals surface area (Å²) in [6.07, 6.45) is 5.04. The number of nitrogens with zero attached hydrogens (tertiary/aromatic N) is 2. The van der Waals surface area contributed by atoms with Gasteiger partial charge in [0.25, 0.3) is 0 Å². The summed E-state index contributed by atoms with van der Waals surface area (Å²) < 4.78 is 5.32. The minimum atomic E-state index is 0.633. The summed E-state index contributed by atoms with van der Waals surface area (Å²) >= 11 is 0. The molecule has 16 heavy (non-hydrogen) atoms. The third kappa shape index (κ3) is 2.28. The van der Waals surface area contributed by atoms with E-state index in [1.54, 1.807) is 18.6 Å². The van der Waals surface area contributed by atoms with E-state index in [2.05, 4.69) is 9.97 Å². The third-order valence-corrected chi connectivity index (χ3v) is 2.10. The summed E-state index contributed by atoms with van der Waals surface area (Å²) in [7, 11) is 0. The average molecular weight is 215 g/mol. The largest absolute Gasteiger partial charge is 0.492 e. The van der Waals surface area contributed by atoms with Crippen LogP contribution in [0.25, 0.3) is 11.3 Å². The molecule has 0 unspecified atom stereocenters. The molecule has 0 saturated carbocycles. The lowest BCUT2D eigenvalue weighted by atomic mass is 10.2. The van der Waals surface area contributed by atoms with Crippen molar-refractivity contribution in [2.75, 3.05) is 12.3 Å². The van der Waals surface area contributed by atoms with E-state index >= 15 is 0 Å². The lowest BCUT2D eigenvalue weighted by molar-refractivity contribution is 0.339. The summed E-state index contributed by atoms with van der Waals surface area (Å²) in [5.74, 6) is 0.767. The van der Waals surface area contributed by atoms with Crippen LogP contribution in [0.2, 0.25) is 0 Å². The Morgan fingerprint density at radius 2 is 2.12 bits per heavy atom. The van der Waals surface area contributed by atoms with Crippen LogP contribution in [0.3, 0.4) is 0 Å². The standard InChI is InChI=1S/C12H13N3O/c1-2-16-11-3-4-12(15-8-11)9-5-10(13)7-14-6-9/h3-8H,2,13H2,1H3. The van der Waals surface area contributed by atoms with E-state index in [4.69, 9.17) is 10.5 Å². The van der Waals surface area contributed by atoms with E-state index in [1.807, 2.05) is 25.1 Å². The van der Waals surface area contributed by atoms with Crippen molar-refractivity contribution in [1.29, 1.82) is 0 Å². The second-order valence-electron chi connectivity index (χ2n) is 3.32. The molecule has 0 atom stereocenters. The van der Waals surface area contributed by atoms with Gasteiger partial charge in [0.2, 0.25) is 0 Å². The van der Waals surface area contributed by atoms with E-state index in [0.29, 0.717) is 12.3 Å². The average Bonchev–Trinajstić information content (AvgIpc) is 2.30. The maximum atomic E-state index is 5.66. The van der Waals surface area contributed by atoms with Crippen LogP contribution >= 0.6 is 0 Å². The Bertz CT molecular complexity index is 468. The first-order valence-corrected chi connectivity index (χ1v) is 5.09. The van der Waals surface area contributed by atoms with Gasteiger partial charge in [0.15, 0.2) is 0 Å². The van der Waals surface area contributed by atoms with Gasteiger partial charge in [-0.15, -0.1) is 0 Å². The molecule has 2 rings (SSSR count). The molecule has 0 aromatic carbocycles. The lowest BCUT2D eigenvalue weighted by Gasteiger charge is -2.04. The second-order valence-corrected chi connectivity index (χ2v) is 3.32. The first kappa shape index (κ1) is 10.4. The van der Waals surface area contributed by atoms with Crippen molar-refractivity contribution in [3.63, 3.8) is 0 Å². The van der Waals surface area contributed by atoms with Crippen LogP contribution in [-0.2, 0) is 0 Å². The molecule has 0 radical (unpaired) electrons. The fraction of sp³-hybridized carbons (Fsp3) is 0.167. The molecule has 0 aliphatic heterocycles. The number of anilines is 1. The molecule has 2 heterocycles. The number of hydrogen-bond donors (Lipinski definition) is 1. The maximum absolute atomic E-state index is 5.66. The van der Waals surface area contributed by atoms with Gasteiger partial charge < -0.3 is 10.5 Å². The van der Waals surface area contributed by atoms with Gasteiger partial charge in [0.05, 0.1) is 24.2 Å². The van der Waals surface area contributed by atoms with E-state index in [1.165, 1.54) is 0 Å². The Kier molecular flexibility index (Phi) is 3.00. The normalized spacial score (nSPS) is 10.1. The predicted octanol–water partition coefficient (Wildman–Crippen LogP) is 2.12. The number of ether oxygens (including phenoxy) is 1. The van der Waals surface area contributed by atoms with Crippen molar-refractivity contribution in [2.24, 2.45) is 0 Å². The molecule has 0 aliphatic carbocycles. The van der Waals surface area contributed by atoms with E-state index in [9.17, 15) is 0 Å². The third-order valence-electron chi connectivity index (χ3n) is 2.10. The Morgan fingerprint density at radius 3 is 2.75 bits per heavy atom. The lowest BCUT2D eigenvalue weighted by Crippen LogP contribution is -1.93. The van der Waals surface area contributed by atoms with Gasteiger partial charge in [-0.05, 0) is 25.1 Å². The molecule has 2 N–H and O–H groups in total. The summed E-state index contributed by atoms with van der Waals surface area (Å²) in [4.78, 5) is 8.31. The fourth-order valence-corrected chi connectivity index (χ4v) is 1.40. The zero-order valence-electron chi connectivity index (χ0n) is 9.05. The molecule has 0 fully saturated rings. The molecule has 2 aromatic rings. The van der Waals surface area contributed by atoms with Crippen LogP contribution in [-0.4, -0.2) is 16.6 Å². The van der Waals surface area contributed by atoms with Gasteiger partial charge in [-0.2, -0.15) is 0 Å². The maximum Gasteiger partial charge on any atom is 0.137 e. The van der Waals surface area contributed by atoms with Crippen LogP contribution in [0.4, 0.5) is 5.69 Å². The van der Waals surface area contributed by atoms with Crippen molar-refractivity contribution in [3.05, 3.63) is 36.8 Å². The molecule has 4 heteroatoms. The van der Waals surface area contributed by atoms with E-state index in [0.717, 1.165) is 17.0 Å². The highest BCUT2D eigenvalue weighted by Gasteiger charge is 2.00. The molecule has 0 bridgehead atoms. The quantitative estimate of drug-likeness (QED) is 0.851. The van der Waals surface area contributed by atoms with Gasteiger partial charge >= 0.3 is 0 Å². The zero-order chi connectivity index (χ0) is 11.4. The highest BCUT2D eigenvalue weighted by atomic mass is 16.5. The van der Waals surface area contributed by atoms with Crippen molar-refractivity contribution in [3.8, 4) is 17.0 Å². The number of nitrogens with two attached hydrogens (primary N) is 1. The summed E-state index contributed by atoms with van der Waals surface area (Å²) in [5.41, 5.74) is 8.03. The Balaban J connectivity index is 2.27. The second kappa shape index (κ2) is 4.61. The monoisotopic (exact) mass is 215 g/mol. The molecule has 82 valence electrons. The van der Waals surface area contributed by atoms with Crippen molar-refractivity contribution >= 4 is 5.69 Å². The number of pyridine rings is 2. The molecule has 2 aromatic heterocycles. The zero-order valence-corrected chi connectivity index (χ0v) is 9.05. The van der Waals surface area contributed by atoms with Gasteiger partial charge in [-0.1, -0.05) is 0 Å². The highest BCUT2D eigenvalue weighted by Crippen LogP contribution is 2.20. The van der Waals surface area contributed by atoms with E-state index < -0.39 is 0 Å². The van der Waals surface area contributed by atoms with Gasteiger partial charge in [-0.3, -0.25) is 9.97 Å². The van der Waals surface area contributed by atoms with Crippen molar-refractivity contribution in [1.82, 2.24) is 9.97 Å². The Hall–Kier alpha value is -2.10. The number of nitrogen functional groups attached to an aromatic ring is 1. The molecular weight excluding hydrogens is 202 g/mol. The van der Waals surface area contributed by atoms with Crippen molar-refractivity contribution in [2.45, 2.75) is 6.92 Å². The SMILES string of the molecule is CCOc1ccc(-c2cncc(N)c2)nc1. The molecule has 0 saturated heterocycles. The highest BCUT2D eigenvalue weighted by molar-refractivity contribution is 5.62. The van der Waals surface area contributed by atoms with Gasteiger partial charge in [0, 0.05) is 18.0 Å². The van der Waals surface area contributed by atoms with Gasteiger partial charge in [-0.25, -0.2) is 0 Å². The molecular formula is C12H13N3O. The molecule has 0 aliphatic rings. The Morgan fingerprint density at radius 1 is 1.25 bits per heavy atom. The predicted molar refractivity (Wildman–Crippen MR) is 63.0 cm³/mol. The summed E-state index contributed by atoms with van der Waals surface area (Å²) in [6.45, 7) is 2.58. The molecule has 4 nitrogen and oxygen atoms in total. The van der Waals surface area contributed by atoms with Crippen LogP contribution in [0.15, 0.2) is 36.8 Å². The minimum Gasteiger partial charge on any atom is -0.492 e. The number of rotatable bonds is 3. The minimum absolute atomic E-state index is 0.633. The van der Waals surface area contributed by atoms with Crippen molar-refractivity contribution < 1.29 is 4.74 Å². The topological polar surface area (TPSA) is 61.0 Å². The fourth-order valence-electron chi connectivity index (χ4n) is 1.40. The molecule has 0 spiro atoms.